The number of rotatable bonds is 4. The van der Waals surface area contributed by atoms with Crippen LogP contribution in [0, 0.1) is 5.92 Å². The first-order valence-electron chi connectivity index (χ1n) is 5.34. The first kappa shape index (κ1) is 11.0. The second-order valence-electron chi connectivity index (χ2n) is 4.09. The van der Waals surface area contributed by atoms with E-state index in [0.717, 1.165) is 30.5 Å². The van der Waals surface area contributed by atoms with Crippen LogP contribution < -0.4 is 5.43 Å². The molecular weight excluding hydrogens is 174 g/mol. The van der Waals surface area contributed by atoms with Crippen molar-refractivity contribution in [3.8, 4) is 0 Å². The molecule has 0 saturated heterocycles. The number of aryl methyl sites for hydroxylation is 1. The van der Waals surface area contributed by atoms with Crippen molar-refractivity contribution >= 4 is 0 Å². The number of nitrogens with one attached hydrogen (secondary N) is 1. The Morgan fingerprint density at radius 1 is 1.43 bits per heavy atom. The number of hydrogen-bond donors (Lipinski definition) is 1. The molecule has 2 heteroatoms. The maximum absolute atomic E-state index is 11.6. The molecule has 1 N–H and O–H groups in total. The van der Waals surface area contributed by atoms with Crippen LogP contribution in [0.2, 0.25) is 0 Å². The predicted molar refractivity (Wildman–Crippen MR) is 59.6 cm³/mol. The van der Waals surface area contributed by atoms with E-state index in [-0.39, 0.29) is 5.43 Å². The van der Waals surface area contributed by atoms with Crippen molar-refractivity contribution in [1.29, 1.82) is 0 Å². The fraction of sp³-hybridized carbons (Fsp3) is 0.583. The molecule has 1 aromatic rings. The zero-order chi connectivity index (χ0) is 10.6. The molecule has 0 aliphatic rings. The van der Waals surface area contributed by atoms with Crippen LogP contribution in [0.5, 0.6) is 0 Å². The summed E-state index contributed by atoms with van der Waals surface area (Å²) in [7, 11) is 0. The minimum absolute atomic E-state index is 0.182. The van der Waals surface area contributed by atoms with E-state index in [1.54, 1.807) is 12.3 Å². The van der Waals surface area contributed by atoms with Crippen molar-refractivity contribution < 1.29 is 0 Å². The third-order valence-corrected chi connectivity index (χ3v) is 2.48. The van der Waals surface area contributed by atoms with Crippen LogP contribution >= 0.6 is 0 Å². The number of H-pyrrole nitrogens is 1. The van der Waals surface area contributed by atoms with Gasteiger partial charge in [0.05, 0.1) is 0 Å². The van der Waals surface area contributed by atoms with Crippen molar-refractivity contribution in [2.75, 3.05) is 0 Å². The Morgan fingerprint density at radius 3 is 2.71 bits per heavy atom. The molecular formula is C12H19NO. The molecule has 0 unspecified atom stereocenters. The Balaban J connectivity index is 2.88. The van der Waals surface area contributed by atoms with Crippen LogP contribution in [0.25, 0.3) is 0 Å². The van der Waals surface area contributed by atoms with Crippen LogP contribution in [-0.2, 0) is 12.8 Å². The monoisotopic (exact) mass is 193 g/mol. The lowest BCUT2D eigenvalue weighted by Crippen LogP contribution is -2.13. The second-order valence-corrected chi connectivity index (χ2v) is 4.09. The van der Waals surface area contributed by atoms with Gasteiger partial charge >= 0.3 is 0 Å². The van der Waals surface area contributed by atoms with Crippen molar-refractivity contribution in [3.05, 3.63) is 33.7 Å². The Bertz CT molecular complexity index is 338. The van der Waals surface area contributed by atoms with E-state index in [4.69, 9.17) is 0 Å². The van der Waals surface area contributed by atoms with Crippen molar-refractivity contribution in [3.63, 3.8) is 0 Å². The molecule has 0 atom stereocenters. The zero-order valence-electron chi connectivity index (χ0n) is 9.26. The Hall–Kier alpha value is -1.05. The van der Waals surface area contributed by atoms with Crippen LogP contribution in [0.3, 0.4) is 0 Å². The summed E-state index contributed by atoms with van der Waals surface area (Å²) in [4.78, 5) is 14.7. The van der Waals surface area contributed by atoms with Gasteiger partial charge in [0, 0.05) is 23.5 Å². The summed E-state index contributed by atoms with van der Waals surface area (Å²) in [5.74, 6) is 0.652. The average Bonchev–Trinajstić information content (AvgIpc) is 2.15. The number of aromatic nitrogens is 1. The molecule has 0 aliphatic carbocycles. The van der Waals surface area contributed by atoms with Gasteiger partial charge in [-0.05, 0) is 25.2 Å². The van der Waals surface area contributed by atoms with Crippen molar-refractivity contribution in [1.82, 2.24) is 4.98 Å². The highest BCUT2D eigenvalue weighted by Gasteiger charge is 2.05. The van der Waals surface area contributed by atoms with Gasteiger partial charge in [0.25, 0.3) is 0 Å². The van der Waals surface area contributed by atoms with Crippen LogP contribution in [-0.4, -0.2) is 4.98 Å². The normalized spacial score (nSPS) is 10.9. The molecule has 1 heterocycles. The molecule has 2 nitrogen and oxygen atoms in total. The molecule has 0 radical (unpaired) electrons. The number of pyridine rings is 1. The van der Waals surface area contributed by atoms with Gasteiger partial charge in [-0.25, -0.2) is 0 Å². The van der Waals surface area contributed by atoms with E-state index in [9.17, 15) is 4.79 Å². The van der Waals surface area contributed by atoms with E-state index in [1.165, 1.54) is 0 Å². The number of hydrogen-bond acceptors (Lipinski definition) is 1. The Labute approximate surface area is 85.4 Å². The zero-order valence-corrected chi connectivity index (χ0v) is 9.26. The average molecular weight is 193 g/mol. The maximum Gasteiger partial charge on any atom is 0.184 e. The molecule has 0 aliphatic heterocycles. The standard InChI is InChI=1S/C12H19NO/c1-4-11-10(6-5-9(2)3)12(14)7-8-13-11/h7-9H,4-6H2,1-3H3,(H,13,14). The topological polar surface area (TPSA) is 32.9 Å². The minimum atomic E-state index is 0.182. The van der Waals surface area contributed by atoms with E-state index in [2.05, 4.69) is 25.8 Å². The molecule has 0 amide bonds. The third-order valence-electron chi connectivity index (χ3n) is 2.48. The first-order valence-corrected chi connectivity index (χ1v) is 5.34. The molecule has 0 bridgehead atoms. The van der Waals surface area contributed by atoms with Gasteiger partial charge in [0.2, 0.25) is 0 Å². The maximum atomic E-state index is 11.6. The highest BCUT2D eigenvalue weighted by molar-refractivity contribution is 5.20. The summed E-state index contributed by atoms with van der Waals surface area (Å²) in [6, 6.07) is 1.62. The SMILES string of the molecule is CCc1[nH]ccc(=O)c1CCC(C)C. The molecule has 78 valence electrons. The Morgan fingerprint density at radius 2 is 2.14 bits per heavy atom. The van der Waals surface area contributed by atoms with Gasteiger partial charge in [-0.2, -0.15) is 0 Å². The highest BCUT2D eigenvalue weighted by atomic mass is 16.1. The molecule has 0 spiro atoms. The Kier molecular flexibility index (Phi) is 3.93. The first-order chi connectivity index (χ1) is 6.65. The predicted octanol–water partition coefficient (Wildman–Crippen LogP) is 2.53. The summed E-state index contributed by atoms with van der Waals surface area (Å²) < 4.78 is 0. The van der Waals surface area contributed by atoms with Gasteiger partial charge in [0.15, 0.2) is 5.43 Å². The minimum Gasteiger partial charge on any atom is -0.365 e. The van der Waals surface area contributed by atoms with Gasteiger partial charge in [-0.3, -0.25) is 4.79 Å². The number of aromatic amines is 1. The van der Waals surface area contributed by atoms with E-state index < -0.39 is 0 Å². The second kappa shape index (κ2) is 4.99. The van der Waals surface area contributed by atoms with Gasteiger partial charge in [0.1, 0.15) is 0 Å². The molecule has 0 saturated carbocycles. The molecule has 14 heavy (non-hydrogen) atoms. The van der Waals surface area contributed by atoms with E-state index >= 15 is 0 Å². The smallest absolute Gasteiger partial charge is 0.184 e. The summed E-state index contributed by atoms with van der Waals surface area (Å²) in [6.45, 7) is 6.44. The van der Waals surface area contributed by atoms with Gasteiger partial charge in [-0.1, -0.05) is 20.8 Å². The largest absolute Gasteiger partial charge is 0.365 e. The molecule has 0 fully saturated rings. The van der Waals surface area contributed by atoms with E-state index in [0.29, 0.717) is 5.92 Å². The van der Waals surface area contributed by atoms with Gasteiger partial charge in [-0.15, -0.1) is 0 Å². The summed E-state index contributed by atoms with van der Waals surface area (Å²) in [5, 5.41) is 0. The molecule has 1 aromatic heterocycles. The van der Waals surface area contributed by atoms with Gasteiger partial charge < -0.3 is 4.98 Å². The van der Waals surface area contributed by atoms with Crippen molar-refractivity contribution in [2.45, 2.75) is 40.0 Å². The van der Waals surface area contributed by atoms with Crippen LogP contribution in [0.1, 0.15) is 38.4 Å². The summed E-state index contributed by atoms with van der Waals surface area (Å²) in [5.41, 5.74) is 2.25. The van der Waals surface area contributed by atoms with Crippen LogP contribution in [0.4, 0.5) is 0 Å². The molecule has 1 rings (SSSR count). The summed E-state index contributed by atoms with van der Waals surface area (Å²) >= 11 is 0. The third kappa shape index (κ3) is 2.72. The lowest BCUT2D eigenvalue weighted by Gasteiger charge is -2.08. The summed E-state index contributed by atoms with van der Waals surface area (Å²) in [6.07, 6.45) is 4.63. The van der Waals surface area contributed by atoms with E-state index in [1.807, 2.05) is 0 Å². The van der Waals surface area contributed by atoms with Crippen molar-refractivity contribution in [2.24, 2.45) is 5.92 Å². The highest BCUT2D eigenvalue weighted by Crippen LogP contribution is 2.08. The lowest BCUT2D eigenvalue weighted by molar-refractivity contribution is 0.582. The van der Waals surface area contributed by atoms with Crippen LogP contribution in [0.15, 0.2) is 17.1 Å². The molecule has 0 aromatic carbocycles. The lowest BCUT2D eigenvalue weighted by atomic mass is 10.0. The fourth-order valence-corrected chi connectivity index (χ4v) is 1.58. The quantitative estimate of drug-likeness (QED) is 0.783. The fourth-order valence-electron chi connectivity index (χ4n) is 1.58.